The van der Waals surface area contributed by atoms with E-state index in [4.69, 9.17) is 0 Å². The molecule has 96 valence electrons. The lowest BCUT2D eigenvalue weighted by Crippen LogP contribution is -2.06. The lowest BCUT2D eigenvalue weighted by atomic mass is 10.0. The molecule has 1 atom stereocenters. The van der Waals surface area contributed by atoms with Gasteiger partial charge >= 0.3 is 0 Å². The van der Waals surface area contributed by atoms with Gasteiger partial charge in [0.1, 0.15) is 6.10 Å². The summed E-state index contributed by atoms with van der Waals surface area (Å²) in [7, 11) is 1.84. The Kier molecular flexibility index (Phi) is 2.80. The monoisotopic (exact) mass is 253 g/mol. The molecular weight excluding hydrogens is 238 g/mol. The van der Waals surface area contributed by atoms with Crippen LogP contribution in [0.1, 0.15) is 23.1 Å². The smallest absolute Gasteiger partial charge is 0.121 e. The van der Waals surface area contributed by atoms with Crippen molar-refractivity contribution in [3.63, 3.8) is 0 Å². The Balaban J connectivity index is 2.06. The second-order valence-corrected chi connectivity index (χ2v) is 4.69. The van der Waals surface area contributed by atoms with Gasteiger partial charge in [0.15, 0.2) is 0 Å². The first kappa shape index (κ1) is 11.9. The van der Waals surface area contributed by atoms with Gasteiger partial charge in [-0.25, -0.2) is 0 Å². The lowest BCUT2D eigenvalue weighted by Gasteiger charge is -2.12. The predicted octanol–water partition coefficient (Wildman–Crippen LogP) is 2.36. The minimum Gasteiger partial charge on any atom is -0.382 e. The molecule has 4 nitrogen and oxygen atoms in total. The van der Waals surface area contributed by atoms with Crippen LogP contribution in [0.25, 0.3) is 10.9 Å². The zero-order valence-electron chi connectivity index (χ0n) is 10.9. The minimum atomic E-state index is -0.671. The third-order valence-electron chi connectivity index (χ3n) is 3.26. The number of nitrogens with zero attached hydrogens (tertiary/aromatic N) is 3. The number of benzene rings is 1. The average Bonchev–Trinajstić information content (AvgIpc) is 2.76. The zero-order valence-corrected chi connectivity index (χ0v) is 10.9. The van der Waals surface area contributed by atoms with Crippen molar-refractivity contribution in [2.75, 3.05) is 0 Å². The van der Waals surface area contributed by atoms with E-state index in [1.165, 1.54) is 0 Å². The Bertz CT molecular complexity index is 733. The summed E-state index contributed by atoms with van der Waals surface area (Å²) in [6.45, 7) is 1.92. The Hall–Kier alpha value is -2.20. The predicted molar refractivity (Wildman–Crippen MR) is 73.7 cm³/mol. The molecule has 3 aromatic rings. The molecule has 0 aliphatic heterocycles. The number of fused-ring (bicyclic) bond motifs is 1. The van der Waals surface area contributed by atoms with Crippen molar-refractivity contribution in [3.05, 3.63) is 59.5 Å². The Labute approximate surface area is 111 Å². The molecule has 0 aliphatic carbocycles. The fourth-order valence-electron chi connectivity index (χ4n) is 2.32. The normalized spacial score (nSPS) is 12.8. The van der Waals surface area contributed by atoms with Gasteiger partial charge < -0.3 is 5.11 Å². The number of aliphatic hydroxyl groups excluding tert-OH is 1. The van der Waals surface area contributed by atoms with E-state index >= 15 is 0 Å². The molecule has 0 bridgehead atoms. The van der Waals surface area contributed by atoms with Gasteiger partial charge in [-0.3, -0.25) is 9.67 Å². The Morgan fingerprint density at radius 1 is 1.21 bits per heavy atom. The van der Waals surface area contributed by atoms with Crippen LogP contribution in [0.3, 0.4) is 0 Å². The molecule has 0 aliphatic rings. The molecule has 0 radical (unpaired) electrons. The van der Waals surface area contributed by atoms with Gasteiger partial charge in [0.05, 0.1) is 16.9 Å². The summed E-state index contributed by atoms with van der Waals surface area (Å²) in [5, 5.41) is 15.8. The molecule has 1 unspecified atom stereocenters. The highest BCUT2D eigenvalue weighted by atomic mass is 16.3. The van der Waals surface area contributed by atoms with Crippen LogP contribution in [0.15, 0.2) is 42.6 Å². The highest BCUT2D eigenvalue weighted by Crippen LogP contribution is 2.24. The fourth-order valence-corrected chi connectivity index (χ4v) is 2.32. The van der Waals surface area contributed by atoms with Crippen LogP contribution in [0.2, 0.25) is 0 Å². The van der Waals surface area contributed by atoms with E-state index in [-0.39, 0.29) is 0 Å². The molecule has 3 rings (SSSR count). The first-order chi connectivity index (χ1) is 9.15. The summed E-state index contributed by atoms with van der Waals surface area (Å²) < 4.78 is 1.72. The minimum absolute atomic E-state index is 0.671. The maximum absolute atomic E-state index is 10.5. The van der Waals surface area contributed by atoms with Crippen molar-refractivity contribution in [2.24, 2.45) is 7.05 Å². The highest BCUT2D eigenvalue weighted by molar-refractivity contribution is 5.79. The number of aromatic nitrogens is 3. The van der Waals surface area contributed by atoms with Crippen LogP contribution in [0.4, 0.5) is 0 Å². The maximum atomic E-state index is 10.5. The first-order valence-electron chi connectivity index (χ1n) is 6.18. The molecule has 1 aromatic carbocycles. The number of aryl methyl sites for hydroxylation is 2. The lowest BCUT2D eigenvalue weighted by molar-refractivity contribution is 0.210. The molecule has 0 spiro atoms. The van der Waals surface area contributed by atoms with E-state index in [1.54, 1.807) is 10.9 Å². The second kappa shape index (κ2) is 4.48. The third-order valence-corrected chi connectivity index (χ3v) is 3.26. The molecular formula is C15H15N3O. The molecule has 0 saturated carbocycles. The zero-order chi connectivity index (χ0) is 13.4. The van der Waals surface area contributed by atoms with E-state index in [1.807, 2.05) is 50.4 Å². The number of rotatable bonds is 2. The van der Waals surface area contributed by atoms with E-state index < -0.39 is 6.10 Å². The van der Waals surface area contributed by atoms with Crippen molar-refractivity contribution >= 4 is 10.9 Å². The molecule has 1 N–H and O–H groups in total. The van der Waals surface area contributed by atoms with Gasteiger partial charge in [-0.2, -0.15) is 5.10 Å². The van der Waals surface area contributed by atoms with Gasteiger partial charge in [0.25, 0.3) is 0 Å². The number of pyridine rings is 1. The average molecular weight is 253 g/mol. The van der Waals surface area contributed by atoms with Crippen LogP contribution in [-0.4, -0.2) is 19.9 Å². The topological polar surface area (TPSA) is 50.9 Å². The van der Waals surface area contributed by atoms with Gasteiger partial charge in [-0.05, 0) is 36.8 Å². The number of aliphatic hydroxyl groups is 1. The van der Waals surface area contributed by atoms with E-state index in [2.05, 4.69) is 10.1 Å². The van der Waals surface area contributed by atoms with Crippen molar-refractivity contribution in [2.45, 2.75) is 13.0 Å². The Morgan fingerprint density at radius 3 is 2.79 bits per heavy atom. The van der Waals surface area contributed by atoms with Crippen LogP contribution in [0.5, 0.6) is 0 Å². The summed E-state index contributed by atoms with van der Waals surface area (Å²) in [5.74, 6) is 0. The van der Waals surface area contributed by atoms with Crippen molar-refractivity contribution in [1.82, 2.24) is 14.8 Å². The van der Waals surface area contributed by atoms with Crippen LogP contribution >= 0.6 is 0 Å². The summed E-state index contributed by atoms with van der Waals surface area (Å²) in [4.78, 5) is 4.28. The molecule has 0 saturated heterocycles. The van der Waals surface area contributed by atoms with E-state index in [0.29, 0.717) is 0 Å². The molecule has 2 aromatic heterocycles. The van der Waals surface area contributed by atoms with Crippen molar-refractivity contribution < 1.29 is 5.11 Å². The largest absolute Gasteiger partial charge is 0.382 e. The van der Waals surface area contributed by atoms with Crippen LogP contribution in [0, 0.1) is 6.92 Å². The Morgan fingerprint density at radius 2 is 2.05 bits per heavy atom. The van der Waals surface area contributed by atoms with Gasteiger partial charge in [-0.1, -0.05) is 12.1 Å². The maximum Gasteiger partial charge on any atom is 0.121 e. The van der Waals surface area contributed by atoms with Crippen LogP contribution < -0.4 is 0 Å². The summed E-state index contributed by atoms with van der Waals surface area (Å²) in [6.07, 6.45) is 1.10. The standard InChI is InChI=1S/C15H15N3O/c1-10-8-14(18(2)17-10)15(19)12-5-6-13-11(9-12)4-3-7-16-13/h3-9,15,19H,1-2H3. The van der Waals surface area contributed by atoms with Gasteiger partial charge in [0, 0.05) is 18.6 Å². The SMILES string of the molecule is Cc1cc(C(O)c2ccc3ncccc3c2)n(C)n1. The third kappa shape index (κ3) is 2.11. The van der Waals surface area contributed by atoms with E-state index in [0.717, 1.165) is 27.9 Å². The summed E-state index contributed by atoms with van der Waals surface area (Å²) in [5.41, 5.74) is 3.47. The van der Waals surface area contributed by atoms with Crippen molar-refractivity contribution in [3.8, 4) is 0 Å². The van der Waals surface area contributed by atoms with Gasteiger partial charge in [-0.15, -0.1) is 0 Å². The fraction of sp³-hybridized carbons (Fsp3) is 0.200. The highest BCUT2D eigenvalue weighted by Gasteiger charge is 2.15. The summed E-state index contributed by atoms with van der Waals surface area (Å²) in [6, 6.07) is 11.6. The number of hydrogen-bond donors (Lipinski definition) is 1. The van der Waals surface area contributed by atoms with E-state index in [9.17, 15) is 5.11 Å². The summed E-state index contributed by atoms with van der Waals surface area (Å²) >= 11 is 0. The quantitative estimate of drug-likeness (QED) is 0.762. The van der Waals surface area contributed by atoms with Gasteiger partial charge in [0.2, 0.25) is 0 Å². The molecule has 4 heteroatoms. The molecule has 2 heterocycles. The second-order valence-electron chi connectivity index (χ2n) is 4.69. The van der Waals surface area contributed by atoms with Crippen molar-refractivity contribution in [1.29, 1.82) is 0 Å². The van der Waals surface area contributed by atoms with Crippen LogP contribution in [-0.2, 0) is 7.05 Å². The number of hydrogen-bond acceptors (Lipinski definition) is 3. The first-order valence-corrected chi connectivity index (χ1v) is 6.18. The molecule has 0 fully saturated rings. The molecule has 19 heavy (non-hydrogen) atoms. The molecule has 0 amide bonds.